The number of hydrogen-bond donors (Lipinski definition) is 1. The van der Waals surface area contributed by atoms with Crippen molar-refractivity contribution in [3.63, 3.8) is 0 Å². The standard InChI is InChI=1S/C15H21NO3/c1-3-13(11-7-5-4-6-8-11)16(2)14-10-19-9-12(14)15(17)18/h4-8,12-14H,3,9-10H2,1-2H3,(H,17,18). The predicted molar refractivity (Wildman–Crippen MR) is 73.0 cm³/mol. The van der Waals surface area contributed by atoms with Crippen molar-refractivity contribution >= 4 is 5.97 Å². The summed E-state index contributed by atoms with van der Waals surface area (Å²) in [4.78, 5) is 13.4. The summed E-state index contributed by atoms with van der Waals surface area (Å²) >= 11 is 0. The lowest BCUT2D eigenvalue weighted by Crippen LogP contribution is -2.42. The first-order valence-corrected chi connectivity index (χ1v) is 6.72. The highest BCUT2D eigenvalue weighted by molar-refractivity contribution is 5.71. The van der Waals surface area contributed by atoms with Gasteiger partial charge in [0.05, 0.1) is 19.1 Å². The van der Waals surface area contributed by atoms with Gasteiger partial charge in [-0.05, 0) is 19.0 Å². The molecule has 0 amide bonds. The molecular weight excluding hydrogens is 242 g/mol. The van der Waals surface area contributed by atoms with Gasteiger partial charge in [0.1, 0.15) is 0 Å². The van der Waals surface area contributed by atoms with E-state index in [9.17, 15) is 9.90 Å². The zero-order valence-corrected chi connectivity index (χ0v) is 11.5. The van der Waals surface area contributed by atoms with Crippen molar-refractivity contribution in [3.8, 4) is 0 Å². The monoisotopic (exact) mass is 263 g/mol. The first-order chi connectivity index (χ1) is 9.15. The number of likely N-dealkylation sites (N-methyl/N-ethyl adjacent to an activating group) is 1. The molecule has 3 atom stereocenters. The molecule has 0 aliphatic carbocycles. The predicted octanol–water partition coefficient (Wildman–Crippen LogP) is 2.17. The molecule has 1 aliphatic rings. The number of rotatable bonds is 5. The molecule has 1 heterocycles. The van der Waals surface area contributed by atoms with Crippen molar-refractivity contribution in [1.29, 1.82) is 0 Å². The fraction of sp³-hybridized carbons (Fsp3) is 0.533. The van der Waals surface area contributed by atoms with Gasteiger partial charge in [0.15, 0.2) is 0 Å². The number of carbonyl (C=O) groups is 1. The molecule has 2 rings (SSSR count). The Hall–Kier alpha value is -1.39. The normalized spacial score (nSPS) is 24.6. The second-order valence-corrected chi connectivity index (χ2v) is 5.05. The van der Waals surface area contributed by atoms with Gasteiger partial charge in [0.2, 0.25) is 0 Å². The molecule has 1 aromatic carbocycles. The van der Waals surface area contributed by atoms with Gasteiger partial charge < -0.3 is 9.84 Å². The molecule has 1 aliphatic heterocycles. The van der Waals surface area contributed by atoms with E-state index in [0.29, 0.717) is 13.2 Å². The van der Waals surface area contributed by atoms with Crippen molar-refractivity contribution in [2.45, 2.75) is 25.4 Å². The lowest BCUT2D eigenvalue weighted by atomic mass is 9.97. The molecule has 4 heteroatoms. The number of carboxylic acid groups (broad SMARTS) is 1. The summed E-state index contributed by atoms with van der Waals surface area (Å²) in [5, 5.41) is 9.25. The molecular formula is C15H21NO3. The van der Waals surface area contributed by atoms with Crippen molar-refractivity contribution in [2.75, 3.05) is 20.3 Å². The maximum absolute atomic E-state index is 11.3. The Bertz CT molecular complexity index is 421. The quantitative estimate of drug-likeness (QED) is 0.884. The fourth-order valence-corrected chi connectivity index (χ4v) is 2.85. The minimum absolute atomic E-state index is 0.0531. The van der Waals surface area contributed by atoms with E-state index >= 15 is 0 Å². The summed E-state index contributed by atoms with van der Waals surface area (Å²) in [6.45, 7) is 2.94. The minimum Gasteiger partial charge on any atom is -0.481 e. The second-order valence-electron chi connectivity index (χ2n) is 5.05. The third-order valence-corrected chi connectivity index (χ3v) is 3.95. The van der Waals surface area contributed by atoms with Gasteiger partial charge in [-0.2, -0.15) is 0 Å². The van der Waals surface area contributed by atoms with Gasteiger partial charge in [0.25, 0.3) is 0 Å². The van der Waals surface area contributed by atoms with Crippen LogP contribution in [0.25, 0.3) is 0 Å². The maximum atomic E-state index is 11.3. The Morgan fingerprint density at radius 2 is 2.11 bits per heavy atom. The molecule has 4 nitrogen and oxygen atoms in total. The number of nitrogens with zero attached hydrogens (tertiary/aromatic N) is 1. The van der Waals surface area contributed by atoms with Gasteiger partial charge in [-0.25, -0.2) is 0 Å². The minimum atomic E-state index is -0.766. The smallest absolute Gasteiger partial charge is 0.310 e. The van der Waals surface area contributed by atoms with Crippen molar-refractivity contribution in [2.24, 2.45) is 5.92 Å². The van der Waals surface area contributed by atoms with Crippen LogP contribution in [0.4, 0.5) is 0 Å². The van der Waals surface area contributed by atoms with E-state index < -0.39 is 11.9 Å². The largest absolute Gasteiger partial charge is 0.481 e. The molecule has 0 saturated carbocycles. The van der Waals surface area contributed by atoms with E-state index in [1.54, 1.807) is 0 Å². The number of benzene rings is 1. The van der Waals surface area contributed by atoms with Crippen LogP contribution in [-0.4, -0.2) is 42.3 Å². The molecule has 0 radical (unpaired) electrons. The number of aliphatic carboxylic acids is 1. The summed E-state index contributed by atoms with van der Waals surface area (Å²) in [7, 11) is 2.00. The highest BCUT2D eigenvalue weighted by atomic mass is 16.5. The molecule has 1 fully saturated rings. The topological polar surface area (TPSA) is 49.8 Å². The molecule has 1 aromatic rings. The Labute approximate surface area is 114 Å². The van der Waals surface area contributed by atoms with Crippen LogP contribution in [0.15, 0.2) is 30.3 Å². The van der Waals surface area contributed by atoms with Crippen LogP contribution in [-0.2, 0) is 9.53 Å². The van der Waals surface area contributed by atoms with Gasteiger partial charge in [-0.3, -0.25) is 9.69 Å². The number of carboxylic acids is 1. The third kappa shape index (κ3) is 2.96. The number of ether oxygens (including phenoxy) is 1. The lowest BCUT2D eigenvalue weighted by molar-refractivity contribution is -0.143. The highest BCUT2D eigenvalue weighted by Gasteiger charge is 2.38. The Morgan fingerprint density at radius 1 is 1.42 bits per heavy atom. The molecule has 0 bridgehead atoms. The third-order valence-electron chi connectivity index (χ3n) is 3.95. The molecule has 104 valence electrons. The Morgan fingerprint density at radius 3 is 2.68 bits per heavy atom. The highest BCUT2D eigenvalue weighted by Crippen LogP contribution is 2.29. The Balaban J connectivity index is 2.17. The van der Waals surface area contributed by atoms with Gasteiger partial charge in [-0.15, -0.1) is 0 Å². The average Bonchev–Trinajstić information content (AvgIpc) is 2.90. The SMILES string of the molecule is CCC(c1ccccc1)N(C)C1COCC1C(=O)O. The summed E-state index contributed by atoms with van der Waals surface area (Å²) in [6, 6.07) is 10.4. The fourth-order valence-electron chi connectivity index (χ4n) is 2.85. The summed E-state index contributed by atoms with van der Waals surface area (Å²) in [5.41, 5.74) is 1.23. The van der Waals surface area contributed by atoms with Crippen LogP contribution < -0.4 is 0 Å². The zero-order valence-electron chi connectivity index (χ0n) is 11.5. The average molecular weight is 263 g/mol. The van der Waals surface area contributed by atoms with Crippen LogP contribution in [0.2, 0.25) is 0 Å². The van der Waals surface area contributed by atoms with E-state index in [1.165, 1.54) is 5.56 Å². The zero-order chi connectivity index (χ0) is 13.8. The van der Waals surface area contributed by atoms with Crippen LogP contribution in [0, 0.1) is 5.92 Å². The van der Waals surface area contributed by atoms with Crippen LogP contribution in [0.1, 0.15) is 24.9 Å². The van der Waals surface area contributed by atoms with E-state index in [4.69, 9.17) is 4.74 Å². The van der Waals surface area contributed by atoms with Crippen LogP contribution in [0.5, 0.6) is 0 Å². The molecule has 19 heavy (non-hydrogen) atoms. The molecule has 0 aromatic heterocycles. The summed E-state index contributed by atoms with van der Waals surface area (Å²) in [5.74, 6) is -1.19. The molecule has 0 spiro atoms. The van der Waals surface area contributed by atoms with Crippen LogP contribution in [0.3, 0.4) is 0 Å². The summed E-state index contributed by atoms with van der Waals surface area (Å²) in [6.07, 6.45) is 0.948. The number of hydrogen-bond acceptors (Lipinski definition) is 3. The molecule has 1 saturated heterocycles. The maximum Gasteiger partial charge on any atom is 0.310 e. The van der Waals surface area contributed by atoms with Crippen LogP contribution >= 0.6 is 0 Å². The van der Waals surface area contributed by atoms with Crippen molar-refractivity contribution < 1.29 is 14.6 Å². The van der Waals surface area contributed by atoms with Crippen molar-refractivity contribution in [3.05, 3.63) is 35.9 Å². The van der Waals surface area contributed by atoms with Crippen molar-refractivity contribution in [1.82, 2.24) is 4.90 Å². The first-order valence-electron chi connectivity index (χ1n) is 6.72. The van der Waals surface area contributed by atoms with E-state index in [2.05, 4.69) is 24.0 Å². The van der Waals surface area contributed by atoms with Gasteiger partial charge in [-0.1, -0.05) is 37.3 Å². The van der Waals surface area contributed by atoms with Gasteiger partial charge >= 0.3 is 5.97 Å². The van der Waals surface area contributed by atoms with E-state index in [-0.39, 0.29) is 12.1 Å². The first kappa shape index (κ1) is 14.0. The van der Waals surface area contributed by atoms with E-state index in [1.807, 2.05) is 25.2 Å². The van der Waals surface area contributed by atoms with Gasteiger partial charge in [0, 0.05) is 12.1 Å². The Kier molecular flexibility index (Phi) is 4.56. The summed E-state index contributed by atoms with van der Waals surface area (Å²) < 4.78 is 5.36. The molecule has 1 N–H and O–H groups in total. The lowest BCUT2D eigenvalue weighted by Gasteiger charge is -2.33. The van der Waals surface area contributed by atoms with E-state index in [0.717, 1.165) is 6.42 Å². The second kappa shape index (κ2) is 6.17. The molecule has 3 unspecified atom stereocenters.